The molecular weight excluding hydrogens is 261 g/mol. The first kappa shape index (κ1) is 13.3. The zero-order chi connectivity index (χ0) is 13.2. The summed E-state index contributed by atoms with van der Waals surface area (Å²) in [4.78, 5) is 0. The van der Waals surface area contributed by atoms with E-state index in [1.165, 1.54) is 6.07 Å². The van der Waals surface area contributed by atoms with Gasteiger partial charge in [-0.25, -0.2) is 4.39 Å². The van der Waals surface area contributed by atoms with Crippen LogP contribution in [0.1, 0.15) is 37.2 Å². The number of rotatable bonds is 3. The molecule has 3 rings (SSSR count). The molecule has 1 aliphatic heterocycles. The van der Waals surface area contributed by atoms with Gasteiger partial charge in [-0.1, -0.05) is 12.1 Å². The maximum absolute atomic E-state index is 13.1. The van der Waals surface area contributed by atoms with Crippen LogP contribution in [0.2, 0.25) is 0 Å². The van der Waals surface area contributed by atoms with Crippen molar-refractivity contribution in [3.63, 3.8) is 0 Å². The van der Waals surface area contributed by atoms with Gasteiger partial charge in [0, 0.05) is 34.4 Å². The third kappa shape index (κ3) is 3.23. The van der Waals surface area contributed by atoms with Crippen LogP contribution in [0, 0.1) is 5.82 Å². The van der Waals surface area contributed by atoms with E-state index in [2.05, 4.69) is 5.32 Å². The van der Waals surface area contributed by atoms with Gasteiger partial charge < -0.3 is 5.32 Å². The Morgan fingerprint density at radius 1 is 1.16 bits per heavy atom. The predicted octanol–water partition coefficient (Wildman–Crippen LogP) is 2.57. The monoisotopic (exact) mass is 281 g/mol. The summed E-state index contributed by atoms with van der Waals surface area (Å²) >= 11 is 0. The highest BCUT2D eigenvalue weighted by Crippen LogP contribution is 2.37. The van der Waals surface area contributed by atoms with E-state index in [9.17, 15) is 8.60 Å². The largest absolute Gasteiger partial charge is 0.311 e. The number of halogens is 1. The summed E-state index contributed by atoms with van der Waals surface area (Å²) < 4.78 is 24.4. The maximum Gasteiger partial charge on any atom is 0.123 e. The molecule has 2 aliphatic rings. The zero-order valence-corrected chi connectivity index (χ0v) is 11.8. The number of nitrogens with one attached hydrogen (secondary N) is 1. The lowest BCUT2D eigenvalue weighted by atomic mass is 9.75. The van der Waals surface area contributed by atoms with Crippen molar-refractivity contribution in [2.24, 2.45) is 0 Å². The van der Waals surface area contributed by atoms with Crippen molar-refractivity contribution in [3.05, 3.63) is 35.6 Å². The van der Waals surface area contributed by atoms with Crippen molar-refractivity contribution in [1.29, 1.82) is 0 Å². The van der Waals surface area contributed by atoms with Gasteiger partial charge in [-0.15, -0.1) is 0 Å². The molecule has 2 fully saturated rings. The van der Waals surface area contributed by atoms with Crippen LogP contribution in [0.4, 0.5) is 4.39 Å². The molecule has 1 N–H and O–H groups in total. The third-order valence-electron chi connectivity index (χ3n) is 4.32. The second kappa shape index (κ2) is 5.71. The Bertz CT molecular complexity index is 463. The summed E-state index contributed by atoms with van der Waals surface area (Å²) in [5, 5.41) is 3.66. The van der Waals surface area contributed by atoms with E-state index in [0.717, 1.165) is 42.8 Å². The van der Waals surface area contributed by atoms with E-state index >= 15 is 0 Å². The van der Waals surface area contributed by atoms with Gasteiger partial charge in [-0.05, 0) is 49.3 Å². The molecule has 0 spiro atoms. The molecule has 0 unspecified atom stereocenters. The molecule has 1 aromatic carbocycles. The van der Waals surface area contributed by atoms with Crippen molar-refractivity contribution in [3.8, 4) is 0 Å². The first-order chi connectivity index (χ1) is 9.20. The van der Waals surface area contributed by atoms with Gasteiger partial charge in [-0.3, -0.25) is 4.21 Å². The predicted molar refractivity (Wildman–Crippen MR) is 76.2 cm³/mol. The van der Waals surface area contributed by atoms with Gasteiger partial charge in [0.15, 0.2) is 0 Å². The van der Waals surface area contributed by atoms with Crippen LogP contribution in [-0.2, 0) is 10.8 Å². The van der Waals surface area contributed by atoms with E-state index in [-0.39, 0.29) is 5.82 Å². The van der Waals surface area contributed by atoms with Crippen molar-refractivity contribution < 1.29 is 8.60 Å². The number of benzene rings is 1. The summed E-state index contributed by atoms with van der Waals surface area (Å²) in [6.07, 6.45) is 4.27. The lowest BCUT2D eigenvalue weighted by molar-refractivity contribution is 0.257. The van der Waals surface area contributed by atoms with Gasteiger partial charge in [0.2, 0.25) is 0 Å². The quantitative estimate of drug-likeness (QED) is 0.922. The summed E-state index contributed by atoms with van der Waals surface area (Å²) in [6.45, 7) is 0. The van der Waals surface area contributed by atoms with E-state index in [4.69, 9.17) is 0 Å². The fraction of sp³-hybridized carbons (Fsp3) is 0.600. The average molecular weight is 281 g/mol. The Labute approximate surface area is 116 Å². The number of hydrogen-bond donors (Lipinski definition) is 1. The van der Waals surface area contributed by atoms with Gasteiger partial charge in [0.25, 0.3) is 0 Å². The van der Waals surface area contributed by atoms with Crippen molar-refractivity contribution in [2.45, 2.75) is 43.7 Å². The highest BCUT2D eigenvalue weighted by atomic mass is 32.2. The van der Waals surface area contributed by atoms with Gasteiger partial charge in [-0.2, -0.15) is 0 Å². The van der Waals surface area contributed by atoms with E-state index < -0.39 is 10.8 Å². The first-order valence-corrected chi connectivity index (χ1v) is 8.56. The highest BCUT2D eigenvalue weighted by Gasteiger charge is 2.32. The molecule has 0 amide bonds. The topological polar surface area (TPSA) is 29.1 Å². The Morgan fingerprint density at radius 2 is 1.89 bits per heavy atom. The van der Waals surface area contributed by atoms with Crippen LogP contribution in [0.25, 0.3) is 0 Å². The summed E-state index contributed by atoms with van der Waals surface area (Å²) in [5.74, 6) is 2.06. The average Bonchev–Trinajstić information content (AvgIpc) is 2.35. The molecule has 4 heteroatoms. The third-order valence-corrected chi connectivity index (χ3v) is 5.70. The van der Waals surface area contributed by atoms with E-state index in [1.807, 2.05) is 6.07 Å². The van der Waals surface area contributed by atoms with Gasteiger partial charge >= 0.3 is 0 Å². The Morgan fingerprint density at radius 3 is 2.58 bits per heavy atom. The Balaban J connectivity index is 1.46. The van der Waals surface area contributed by atoms with Crippen LogP contribution in [0.3, 0.4) is 0 Å². The van der Waals surface area contributed by atoms with Crippen LogP contribution < -0.4 is 5.32 Å². The van der Waals surface area contributed by atoms with E-state index in [0.29, 0.717) is 18.0 Å². The fourth-order valence-electron chi connectivity index (χ4n) is 3.08. The smallest absolute Gasteiger partial charge is 0.123 e. The normalized spacial score (nSPS) is 34.8. The van der Waals surface area contributed by atoms with Crippen molar-refractivity contribution >= 4 is 10.8 Å². The van der Waals surface area contributed by atoms with Crippen molar-refractivity contribution in [2.75, 3.05) is 11.5 Å². The lowest BCUT2D eigenvalue weighted by Crippen LogP contribution is -2.47. The van der Waals surface area contributed by atoms with Gasteiger partial charge in [0.1, 0.15) is 5.82 Å². The van der Waals surface area contributed by atoms with Crippen molar-refractivity contribution in [1.82, 2.24) is 5.32 Å². The summed E-state index contributed by atoms with van der Waals surface area (Å²) in [5.41, 5.74) is 1.13. The molecule has 2 nitrogen and oxygen atoms in total. The zero-order valence-electron chi connectivity index (χ0n) is 11.0. The van der Waals surface area contributed by atoms with Crippen LogP contribution >= 0.6 is 0 Å². The molecule has 0 atom stereocenters. The molecule has 0 radical (unpaired) electrons. The second-order valence-electron chi connectivity index (χ2n) is 5.71. The Hall–Kier alpha value is -0.740. The molecule has 1 saturated heterocycles. The minimum Gasteiger partial charge on any atom is -0.311 e. The fourth-order valence-corrected chi connectivity index (χ4v) is 4.38. The van der Waals surface area contributed by atoms with Crippen LogP contribution in [0.5, 0.6) is 0 Å². The second-order valence-corrected chi connectivity index (χ2v) is 7.41. The molecule has 0 aromatic heterocycles. The molecule has 104 valence electrons. The van der Waals surface area contributed by atoms with Crippen LogP contribution in [0.15, 0.2) is 24.3 Å². The molecule has 1 saturated carbocycles. The molecule has 1 heterocycles. The van der Waals surface area contributed by atoms with E-state index in [1.54, 1.807) is 12.1 Å². The molecule has 19 heavy (non-hydrogen) atoms. The number of hydrogen-bond acceptors (Lipinski definition) is 2. The minimum absolute atomic E-state index is 0.135. The SMILES string of the molecule is O=S1CCC(NC2CC(c3cccc(F)c3)C2)CC1. The van der Waals surface area contributed by atoms with Gasteiger partial charge in [0.05, 0.1) is 0 Å². The summed E-state index contributed by atoms with van der Waals surface area (Å²) in [7, 11) is -0.581. The Kier molecular flexibility index (Phi) is 3.99. The summed E-state index contributed by atoms with van der Waals surface area (Å²) in [6, 6.07) is 8.07. The molecule has 1 aromatic rings. The first-order valence-electron chi connectivity index (χ1n) is 7.07. The standard InChI is InChI=1S/C15H20FNOS/c16-13-3-1-2-11(8-13)12-9-15(10-12)17-14-4-6-19(18)7-5-14/h1-3,8,12,14-15,17H,4-7,9-10H2. The lowest BCUT2D eigenvalue weighted by Gasteiger charge is -2.39. The molecule has 1 aliphatic carbocycles. The molecular formula is C15H20FNOS. The molecule has 0 bridgehead atoms. The minimum atomic E-state index is -0.581. The maximum atomic E-state index is 13.1. The van der Waals surface area contributed by atoms with Crippen LogP contribution in [-0.4, -0.2) is 27.8 Å². The highest BCUT2D eigenvalue weighted by molar-refractivity contribution is 7.85.